The maximum Gasteiger partial charge on any atom is 0.0485 e. The molecule has 4 nitrogen and oxygen atoms in total. The number of benzene rings is 1. The first-order valence-electron chi connectivity index (χ1n) is 6.25. The van der Waals surface area contributed by atoms with Gasteiger partial charge < -0.3 is 20.3 Å². The van der Waals surface area contributed by atoms with E-state index in [1.807, 2.05) is 18.2 Å². The number of fused-ring (bicyclic) bond motifs is 1. The fourth-order valence-corrected chi connectivity index (χ4v) is 2.46. The van der Waals surface area contributed by atoms with E-state index in [0.717, 1.165) is 27.7 Å². The van der Waals surface area contributed by atoms with Crippen LogP contribution in [0.3, 0.4) is 0 Å². The molecule has 98 valence electrons. The van der Waals surface area contributed by atoms with Gasteiger partial charge in [-0.25, -0.2) is 0 Å². The summed E-state index contributed by atoms with van der Waals surface area (Å²) < 4.78 is 0. The van der Waals surface area contributed by atoms with E-state index in [9.17, 15) is 0 Å². The summed E-state index contributed by atoms with van der Waals surface area (Å²) in [6.45, 7) is 0.290. The van der Waals surface area contributed by atoms with Crippen LogP contribution in [0.4, 0.5) is 0 Å². The molecule has 18 heavy (non-hydrogen) atoms. The van der Waals surface area contributed by atoms with Gasteiger partial charge in [0.2, 0.25) is 0 Å². The van der Waals surface area contributed by atoms with Crippen molar-refractivity contribution in [3.63, 3.8) is 0 Å². The topological polar surface area (TPSA) is 76.5 Å². The highest BCUT2D eigenvalue weighted by molar-refractivity contribution is 5.91. The highest BCUT2D eigenvalue weighted by atomic mass is 16.3. The lowest BCUT2D eigenvalue weighted by molar-refractivity contribution is 0.296. The number of aliphatic hydroxyl groups is 3. The molecule has 0 unspecified atom stereocenters. The van der Waals surface area contributed by atoms with Gasteiger partial charge in [0.25, 0.3) is 0 Å². The van der Waals surface area contributed by atoms with E-state index in [-0.39, 0.29) is 19.8 Å². The van der Waals surface area contributed by atoms with E-state index in [2.05, 4.69) is 4.98 Å². The number of aromatic amines is 1. The van der Waals surface area contributed by atoms with Gasteiger partial charge in [-0.15, -0.1) is 0 Å². The molecule has 0 radical (unpaired) electrons. The summed E-state index contributed by atoms with van der Waals surface area (Å²) >= 11 is 0. The summed E-state index contributed by atoms with van der Waals surface area (Å²) in [6, 6.07) is 5.97. The van der Waals surface area contributed by atoms with Gasteiger partial charge in [-0.3, -0.25) is 0 Å². The molecular weight excluding hydrogens is 230 g/mol. The van der Waals surface area contributed by atoms with Gasteiger partial charge in [0.15, 0.2) is 0 Å². The molecule has 4 N–H and O–H groups in total. The summed E-state index contributed by atoms with van der Waals surface area (Å²) in [7, 11) is 0. The Morgan fingerprint density at radius 1 is 0.833 bits per heavy atom. The lowest BCUT2D eigenvalue weighted by Crippen LogP contribution is -1.96. The largest absolute Gasteiger partial charge is 0.396 e. The normalized spacial score (nSPS) is 11.3. The Bertz CT molecular complexity index is 519. The average molecular weight is 249 g/mol. The van der Waals surface area contributed by atoms with Crippen LogP contribution in [0.1, 0.15) is 17.0 Å². The molecule has 0 fully saturated rings. The summed E-state index contributed by atoms with van der Waals surface area (Å²) in [5.74, 6) is 0. The molecule has 0 aliphatic carbocycles. The molecule has 2 aromatic rings. The monoisotopic (exact) mass is 249 g/mol. The Balaban J connectivity index is 2.58. The Hall–Kier alpha value is -1.36. The van der Waals surface area contributed by atoms with Crippen LogP contribution in [0.15, 0.2) is 18.2 Å². The van der Waals surface area contributed by atoms with E-state index >= 15 is 0 Å². The molecule has 1 aromatic heterocycles. The van der Waals surface area contributed by atoms with E-state index in [4.69, 9.17) is 15.3 Å². The van der Waals surface area contributed by atoms with Gasteiger partial charge in [0.05, 0.1) is 0 Å². The SMILES string of the molecule is OCCc1[nH]c(CCO)c2c(CCO)cccc12. The van der Waals surface area contributed by atoms with Crippen molar-refractivity contribution in [3.05, 3.63) is 35.2 Å². The quantitative estimate of drug-likeness (QED) is 0.611. The zero-order chi connectivity index (χ0) is 13.0. The number of rotatable bonds is 6. The minimum absolute atomic E-state index is 0.0850. The van der Waals surface area contributed by atoms with Gasteiger partial charge in [-0.05, 0) is 12.0 Å². The van der Waals surface area contributed by atoms with E-state index < -0.39 is 0 Å². The van der Waals surface area contributed by atoms with E-state index in [0.29, 0.717) is 19.3 Å². The van der Waals surface area contributed by atoms with Crippen LogP contribution >= 0.6 is 0 Å². The highest BCUT2D eigenvalue weighted by Crippen LogP contribution is 2.27. The maximum atomic E-state index is 9.12. The molecule has 2 rings (SSSR count). The van der Waals surface area contributed by atoms with Crippen molar-refractivity contribution in [2.75, 3.05) is 19.8 Å². The molecule has 4 heteroatoms. The van der Waals surface area contributed by atoms with E-state index in [1.54, 1.807) is 0 Å². The molecule has 0 aliphatic rings. The van der Waals surface area contributed by atoms with Crippen molar-refractivity contribution in [2.45, 2.75) is 19.3 Å². The number of nitrogens with one attached hydrogen (secondary N) is 1. The Kier molecular flexibility index (Phi) is 4.36. The molecule has 0 bridgehead atoms. The van der Waals surface area contributed by atoms with Crippen molar-refractivity contribution in [2.24, 2.45) is 0 Å². The van der Waals surface area contributed by atoms with Gasteiger partial charge in [-0.1, -0.05) is 18.2 Å². The lowest BCUT2D eigenvalue weighted by Gasteiger charge is -2.04. The first kappa shape index (κ1) is 13.1. The lowest BCUT2D eigenvalue weighted by atomic mass is 10.0. The number of aliphatic hydroxyl groups excluding tert-OH is 3. The number of hydrogen-bond donors (Lipinski definition) is 4. The second-order valence-electron chi connectivity index (χ2n) is 4.34. The number of hydrogen-bond acceptors (Lipinski definition) is 3. The average Bonchev–Trinajstić information content (AvgIpc) is 2.71. The zero-order valence-corrected chi connectivity index (χ0v) is 10.3. The number of aromatic nitrogens is 1. The summed E-state index contributed by atoms with van der Waals surface area (Å²) in [5, 5.41) is 29.5. The fraction of sp³-hybridized carbons (Fsp3) is 0.429. The maximum absolute atomic E-state index is 9.12. The molecule has 0 atom stereocenters. The van der Waals surface area contributed by atoms with Crippen LogP contribution in [-0.4, -0.2) is 40.1 Å². The highest BCUT2D eigenvalue weighted by Gasteiger charge is 2.12. The van der Waals surface area contributed by atoms with Crippen LogP contribution in [0.2, 0.25) is 0 Å². The van der Waals surface area contributed by atoms with Crippen LogP contribution in [-0.2, 0) is 19.3 Å². The summed E-state index contributed by atoms with van der Waals surface area (Å²) in [4.78, 5) is 3.29. The number of H-pyrrole nitrogens is 1. The standard InChI is InChI=1S/C14H19NO3/c16-7-4-10-2-1-3-11-12(5-8-17)15-13(6-9-18)14(10)11/h1-3,15-18H,4-9H2. The third-order valence-corrected chi connectivity index (χ3v) is 3.18. The summed E-state index contributed by atoms with van der Waals surface area (Å²) in [6.07, 6.45) is 1.74. The fourth-order valence-electron chi connectivity index (χ4n) is 2.46. The van der Waals surface area contributed by atoms with Crippen molar-refractivity contribution in [1.29, 1.82) is 0 Å². The van der Waals surface area contributed by atoms with Crippen molar-refractivity contribution in [3.8, 4) is 0 Å². The minimum Gasteiger partial charge on any atom is -0.396 e. The van der Waals surface area contributed by atoms with Gasteiger partial charge in [-0.2, -0.15) is 0 Å². The molecule has 0 saturated heterocycles. The third kappa shape index (κ3) is 2.41. The van der Waals surface area contributed by atoms with Crippen LogP contribution in [0, 0.1) is 0 Å². The third-order valence-electron chi connectivity index (χ3n) is 3.18. The van der Waals surface area contributed by atoms with Gasteiger partial charge >= 0.3 is 0 Å². The van der Waals surface area contributed by atoms with E-state index in [1.165, 1.54) is 0 Å². The van der Waals surface area contributed by atoms with Crippen LogP contribution in [0.25, 0.3) is 10.8 Å². The smallest absolute Gasteiger partial charge is 0.0485 e. The molecular formula is C14H19NO3. The summed E-state index contributed by atoms with van der Waals surface area (Å²) in [5.41, 5.74) is 3.06. The predicted octanol–water partition coefficient (Wildman–Crippen LogP) is 0.772. The molecule has 1 heterocycles. The Labute approximate surface area is 106 Å². The second-order valence-corrected chi connectivity index (χ2v) is 4.34. The first-order valence-corrected chi connectivity index (χ1v) is 6.25. The predicted molar refractivity (Wildman–Crippen MR) is 70.7 cm³/mol. The molecule has 0 amide bonds. The van der Waals surface area contributed by atoms with Crippen molar-refractivity contribution >= 4 is 10.8 Å². The van der Waals surface area contributed by atoms with Crippen LogP contribution in [0.5, 0.6) is 0 Å². The molecule has 0 saturated carbocycles. The Morgan fingerprint density at radius 2 is 1.50 bits per heavy atom. The van der Waals surface area contributed by atoms with Crippen molar-refractivity contribution < 1.29 is 15.3 Å². The van der Waals surface area contributed by atoms with Gasteiger partial charge in [0, 0.05) is 54.8 Å². The van der Waals surface area contributed by atoms with Crippen molar-refractivity contribution in [1.82, 2.24) is 4.98 Å². The molecule has 1 aromatic carbocycles. The molecule has 0 aliphatic heterocycles. The zero-order valence-electron chi connectivity index (χ0n) is 10.3. The first-order chi connectivity index (χ1) is 8.81. The second kappa shape index (κ2) is 6.00. The minimum atomic E-state index is 0.0850. The Morgan fingerprint density at radius 3 is 2.17 bits per heavy atom. The molecule has 0 spiro atoms. The van der Waals surface area contributed by atoms with Crippen LogP contribution < -0.4 is 0 Å². The van der Waals surface area contributed by atoms with Gasteiger partial charge in [0.1, 0.15) is 0 Å².